The summed E-state index contributed by atoms with van der Waals surface area (Å²) < 4.78 is 2.14. The third-order valence-corrected chi connectivity index (χ3v) is 3.73. The molecule has 0 N–H and O–H groups in total. The van der Waals surface area contributed by atoms with E-state index < -0.39 is 0 Å². The standard InChI is InChI=1S/C18H17NO/c1-2-14-6-8-15(9-7-14)12-19-11-10-16-4-3-5-17(13-20)18(16)19/h3-11,13H,2,12H2,1H3. The van der Waals surface area contributed by atoms with Crippen molar-refractivity contribution in [2.45, 2.75) is 19.9 Å². The maximum atomic E-state index is 11.2. The van der Waals surface area contributed by atoms with Gasteiger partial charge in [-0.15, -0.1) is 0 Å². The van der Waals surface area contributed by atoms with Gasteiger partial charge in [-0.3, -0.25) is 4.79 Å². The summed E-state index contributed by atoms with van der Waals surface area (Å²) in [7, 11) is 0. The number of para-hydroxylation sites is 1. The Bertz CT molecular complexity index is 738. The molecule has 0 bridgehead atoms. The first-order chi connectivity index (χ1) is 9.81. The van der Waals surface area contributed by atoms with Gasteiger partial charge in [-0.1, -0.05) is 43.3 Å². The van der Waals surface area contributed by atoms with Crippen LogP contribution in [0.3, 0.4) is 0 Å². The maximum absolute atomic E-state index is 11.2. The second-order valence-electron chi connectivity index (χ2n) is 5.02. The zero-order valence-electron chi connectivity index (χ0n) is 11.5. The van der Waals surface area contributed by atoms with Gasteiger partial charge in [0.1, 0.15) is 0 Å². The Morgan fingerprint density at radius 3 is 2.45 bits per heavy atom. The smallest absolute Gasteiger partial charge is 0.152 e. The van der Waals surface area contributed by atoms with E-state index in [1.807, 2.05) is 24.4 Å². The van der Waals surface area contributed by atoms with Crippen molar-refractivity contribution < 1.29 is 4.79 Å². The fourth-order valence-corrected chi connectivity index (χ4v) is 2.59. The molecule has 2 aromatic carbocycles. The molecule has 3 aromatic rings. The van der Waals surface area contributed by atoms with Crippen LogP contribution in [-0.4, -0.2) is 10.9 Å². The molecule has 2 heteroatoms. The molecule has 1 aromatic heterocycles. The summed E-state index contributed by atoms with van der Waals surface area (Å²) in [5.41, 5.74) is 4.36. The molecule has 0 fully saturated rings. The molecule has 0 atom stereocenters. The van der Waals surface area contributed by atoms with Gasteiger partial charge in [0, 0.05) is 23.7 Å². The van der Waals surface area contributed by atoms with Crippen LogP contribution >= 0.6 is 0 Å². The first-order valence-corrected chi connectivity index (χ1v) is 6.92. The van der Waals surface area contributed by atoms with Gasteiger partial charge >= 0.3 is 0 Å². The van der Waals surface area contributed by atoms with Crippen LogP contribution in [0.25, 0.3) is 10.9 Å². The third-order valence-electron chi connectivity index (χ3n) is 3.73. The van der Waals surface area contributed by atoms with Crippen LogP contribution < -0.4 is 0 Å². The molecular weight excluding hydrogens is 246 g/mol. The maximum Gasteiger partial charge on any atom is 0.152 e. The molecule has 1 heterocycles. The van der Waals surface area contributed by atoms with E-state index in [4.69, 9.17) is 0 Å². The molecule has 0 aliphatic heterocycles. The summed E-state index contributed by atoms with van der Waals surface area (Å²) in [5, 5.41) is 1.11. The molecule has 0 unspecified atom stereocenters. The normalized spacial score (nSPS) is 10.8. The molecule has 100 valence electrons. The number of aryl methyl sites for hydroxylation is 1. The highest BCUT2D eigenvalue weighted by Gasteiger charge is 2.06. The Kier molecular flexibility index (Phi) is 3.38. The highest BCUT2D eigenvalue weighted by atomic mass is 16.1. The van der Waals surface area contributed by atoms with Crippen molar-refractivity contribution in [2.75, 3.05) is 0 Å². The number of carbonyl (C=O) groups is 1. The first kappa shape index (κ1) is 12.7. The number of nitrogens with zero attached hydrogens (tertiary/aromatic N) is 1. The highest BCUT2D eigenvalue weighted by molar-refractivity contribution is 5.96. The largest absolute Gasteiger partial charge is 0.342 e. The van der Waals surface area contributed by atoms with Crippen molar-refractivity contribution in [2.24, 2.45) is 0 Å². The summed E-state index contributed by atoms with van der Waals surface area (Å²) in [5.74, 6) is 0. The van der Waals surface area contributed by atoms with Crippen LogP contribution in [0.2, 0.25) is 0 Å². The molecule has 0 aliphatic carbocycles. The van der Waals surface area contributed by atoms with Crippen molar-refractivity contribution >= 4 is 17.2 Å². The molecule has 0 radical (unpaired) electrons. The van der Waals surface area contributed by atoms with E-state index in [1.165, 1.54) is 11.1 Å². The minimum Gasteiger partial charge on any atom is -0.342 e. The van der Waals surface area contributed by atoms with Crippen LogP contribution in [0.15, 0.2) is 54.7 Å². The minimum absolute atomic E-state index is 0.748. The van der Waals surface area contributed by atoms with Gasteiger partial charge in [-0.05, 0) is 29.7 Å². The van der Waals surface area contributed by atoms with Crippen molar-refractivity contribution in [1.29, 1.82) is 0 Å². The van der Waals surface area contributed by atoms with E-state index in [9.17, 15) is 4.79 Å². The van der Waals surface area contributed by atoms with Crippen molar-refractivity contribution in [3.8, 4) is 0 Å². The van der Waals surface area contributed by atoms with Gasteiger partial charge in [0.15, 0.2) is 6.29 Å². The average Bonchev–Trinajstić information content (AvgIpc) is 2.91. The third kappa shape index (κ3) is 2.25. The van der Waals surface area contributed by atoms with Gasteiger partial charge in [-0.25, -0.2) is 0 Å². The lowest BCUT2D eigenvalue weighted by molar-refractivity contribution is 0.112. The topological polar surface area (TPSA) is 22.0 Å². The predicted molar refractivity (Wildman–Crippen MR) is 82.2 cm³/mol. The zero-order chi connectivity index (χ0) is 13.9. The van der Waals surface area contributed by atoms with Crippen LogP contribution in [0.5, 0.6) is 0 Å². The van der Waals surface area contributed by atoms with Crippen LogP contribution in [0.4, 0.5) is 0 Å². The van der Waals surface area contributed by atoms with E-state index in [-0.39, 0.29) is 0 Å². The number of hydrogen-bond acceptors (Lipinski definition) is 1. The average molecular weight is 263 g/mol. The van der Waals surface area contributed by atoms with Gasteiger partial charge in [-0.2, -0.15) is 0 Å². The predicted octanol–water partition coefficient (Wildman–Crippen LogP) is 4.06. The SMILES string of the molecule is CCc1ccc(Cn2ccc3cccc(C=O)c32)cc1. The Hall–Kier alpha value is -2.35. The molecule has 0 saturated heterocycles. The van der Waals surface area contributed by atoms with E-state index in [0.29, 0.717) is 0 Å². The second-order valence-corrected chi connectivity index (χ2v) is 5.02. The number of benzene rings is 2. The number of hydrogen-bond donors (Lipinski definition) is 0. The zero-order valence-corrected chi connectivity index (χ0v) is 11.5. The summed E-state index contributed by atoms with van der Waals surface area (Å²) in [4.78, 5) is 11.2. The molecule has 20 heavy (non-hydrogen) atoms. The highest BCUT2D eigenvalue weighted by Crippen LogP contribution is 2.20. The lowest BCUT2D eigenvalue weighted by atomic mass is 10.1. The Morgan fingerprint density at radius 2 is 1.75 bits per heavy atom. The van der Waals surface area contributed by atoms with Crippen molar-refractivity contribution in [3.63, 3.8) is 0 Å². The monoisotopic (exact) mass is 263 g/mol. The van der Waals surface area contributed by atoms with Gasteiger partial charge in [0.05, 0.1) is 5.52 Å². The minimum atomic E-state index is 0.748. The summed E-state index contributed by atoms with van der Waals surface area (Å²) in [6.07, 6.45) is 4.03. The lowest BCUT2D eigenvalue weighted by Gasteiger charge is -2.08. The number of carbonyl (C=O) groups excluding carboxylic acids is 1. The second kappa shape index (κ2) is 5.33. The molecule has 0 spiro atoms. The lowest BCUT2D eigenvalue weighted by Crippen LogP contribution is -2.00. The van der Waals surface area contributed by atoms with Gasteiger partial charge < -0.3 is 4.57 Å². The number of aromatic nitrogens is 1. The van der Waals surface area contributed by atoms with Crippen LogP contribution in [0.1, 0.15) is 28.4 Å². The van der Waals surface area contributed by atoms with Crippen molar-refractivity contribution in [1.82, 2.24) is 4.57 Å². The van der Waals surface area contributed by atoms with E-state index in [1.54, 1.807) is 0 Å². The van der Waals surface area contributed by atoms with E-state index >= 15 is 0 Å². The van der Waals surface area contributed by atoms with Gasteiger partial charge in [0.2, 0.25) is 0 Å². The molecular formula is C18H17NO. The fourth-order valence-electron chi connectivity index (χ4n) is 2.59. The Morgan fingerprint density at radius 1 is 1.00 bits per heavy atom. The molecule has 0 amide bonds. The number of fused-ring (bicyclic) bond motifs is 1. The Balaban J connectivity index is 1.99. The molecule has 0 saturated carbocycles. The van der Waals surface area contributed by atoms with Crippen LogP contribution in [0, 0.1) is 0 Å². The number of aldehydes is 1. The summed E-state index contributed by atoms with van der Waals surface area (Å²) in [6, 6.07) is 16.5. The van der Waals surface area contributed by atoms with Crippen molar-refractivity contribution in [3.05, 3.63) is 71.4 Å². The summed E-state index contributed by atoms with van der Waals surface area (Å²) >= 11 is 0. The molecule has 0 aliphatic rings. The fraction of sp³-hybridized carbons (Fsp3) is 0.167. The molecule has 2 nitrogen and oxygen atoms in total. The number of rotatable bonds is 4. The summed E-state index contributed by atoms with van der Waals surface area (Å²) in [6.45, 7) is 2.95. The quantitative estimate of drug-likeness (QED) is 0.650. The Labute approximate surface area is 118 Å². The van der Waals surface area contributed by atoms with Crippen LogP contribution in [-0.2, 0) is 13.0 Å². The van der Waals surface area contributed by atoms with Gasteiger partial charge in [0.25, 0.3) is 0 Å². The first-order valence-electron chi connectivity index (χ1n) is 6.92. The molecule has 3 rings (SSSR count). The van der Waals surface area contributed by atoms with E-state index in [0.717, 1.165) is 35.7 Å². The van der Waals surface area contributed by atoms with E-state index in [2.05, 4.69) is 41.8 Å².